The highest BCUT2D eigenvalue weighted by atomic mass is 16.4. The summed E-state index contributed by atoms with van der Waals surface area (Å²) < 4.78 is 0. The molecule has 3 aromatic rings. The molecule has 0 fully saturated rings. The van der Waals surface area contributed by atoms with Gasteiger partial charge in [-0.15, -0.1) is 0 Å². The Morgan fingerprint density at radius 3 is 3.10 bits per heavy atom. The van der Waals surface area contributed by atoms with Crippen LogP contribution in [0, 0.1) is 0 Å². The summed E-state index contributed by atoms with van der Waals surface area (Å²) in [6, 6.07) is 5.79. The molecule has 1 aromatic carbocycles. The maximum Gasteiger partial charge on any atom is 0.341 e. The molecule has 0 radical (unpaired) electrons. The Labute approximate surface area is 113 Å². The number of rotatable bonds is 4. The zero-order chi connectivity index (χ0) is 13.9. The molecule has 0 unspecified atom stereocenters. The maximum atomic E-state index is 11.0. The number of imidazole rings is 1. The highest BCUT2D eigenvalue weighted by Crippen LogP contribution is 2.15. The van der Waals surface area contributed by atoms with E-state index in [2.05, 4.69) is 25.3 Å². The molecule has 0 aliphatic rings. The van der Waals surface area contributed by atoms with Crippen LogP contribution < -0.4 is 5.32 Å². The fraction of sp³-hybridized carbons (Fsp3) is 0.0769. The van der Waals surface area contributed by atoms with Crippen molar-refractivity contribution >= 4 is 22.8 Å². The zero-order valence-electron chi connectivity index (χ0n) is 10.4. The van der Waals surface area contributed by atoms with Crippen LogP contribution >= 0.6 is 0 Å². The standard InChI is InChI=1S/C13H11N5O2/c19-13(20)9-5-14-6-18-12(9)15-4-8-1-2-10-11(3-8)17-7-16-10/h1-3,5-7H,4H2,(H,16,17)(H,19,20)(H,14,15,18). The number of hydrogen-bond donors (Lipinski definition) is 3. The Hall–Kier alpha value is -2.96. The van der Waals surface area contributed by atoms with Gasteiger partial charge in [0.2, 0.25) is 0 Å². The Balaban J connectivity index is 1.80. The number of hydrogen-bond acceptors (Lipinski definition) is 5. The summed E-state index contributed by atoms with van der Waals surface area (Å²) in [4.78, 5) is 25.9. The van der Waals surface area contributed by atoms with Crippen molar-refractivity contribution in [1.29, 1.82) is 0 Å². The minimum Gasteiger partial charge on any atom is -0.477 e. The molecular formula is C13H11N5O2. The van der Waals surface area contributed by atoms with Crippen molar-refractivity contribution in [2.24, 2.45) is 0 Å². The molecule has 7 nitrogen and oxygen atoms in total. The average Bonchev–Trinajstić information content (AvgIpc) is 2.92. The quantitative estimate of drug-likeness (QED) is 0.665. The second-order valence-electron chi connectivity index (χ2n) is 4.20. The number of carboxylic acid groups (broad SMARTS) is 1. The highest BCUT2D eigenvalue weighted by Gasteiger charge is 2.10. The molecule has 0 saturated carbocycles. The van der Waals surface area contributed by atoms with Gasteiger partial charge in [0, 0.05) is 12.7 Å². The number of aromatic amines is 1. The number of carboxylic acids is 1. The molecule has 0 aliphatic heterocycles. The smallest absolute Gasteiger partial charge is 0.341 e. The summed E-state index contributed by atoms with van der Waals surface area (Å²) in [5.74, 6) is -0.755. The van der Waals surface area contributed by atoms with Crippen LogP contribution in [0.5, 0.6) is 0 Å². The molecule has 2 heterocycles. The predicted octanol–water partition coefficient (Wildman–Crippen LogP) is 1.66. The molecule has 0 bridgehead atoms. The van der Waals surface area contributed by atoms with Crippen LogP contribution in [0.1, 0.15) is 15.9 Å². The summed E-state index contributed by atoms with van der Waals surface area (Å²) in [6.45, 7) is 0.465. The first kappa shape index (κ1) is 12.1. The second-order valence-corrected chi connectivity index (χ2v) is 4.20. The molecular weight excluding hydrogens is 258 g/mol. The van der Waals surface area contributed by atoms with Crippen LogP contribution in [0.2, 0.25) is 0 Å². The van der Waals surface area contributed by atoms with Crippen LogP contribution in [0.25, 0.3) is 11.0 Å². The Kier molecular flexibility index (Phi) is 3.00. The van der Waals surface area contributed by atoms with E-state index in [9.17, 15) is 4.79 Å². The van der Waals surface area contributed by atoms with Gasteiger partial charge in [-0.1, -0.05) is 6.07 Å². The number of aromatic carboxylic acids is 1. The van der Waals surface area contributed by atoms with Crippen LogP contribution in [-0.2, 0) is 6.54 Å². The molecule has 0 spiro atoms. The van der Waals surface area contributed by atoms with E-state index in [0.29, 0.717) is 12.4 Å². The van der Waals surface area contributed by atoms with Crippen molar-refractivity contribution in [1.82, 2.24) is 19.9 Å². The van der Waals surface area contributed by atoms with Crippen molar-refractivity contribution in [2.45, 2.75) is 6.54 Å². The van der Waals surface area contributed by atoms with Gasteiger partial charge in [-0.05, 0) is 17.7 Å². The van der Waals surface area contributed by atoms with E-state index in [4.69, 9.17) is 5.11 Å². The van der Waals surface area contributed by atoms with E-state index in [1.807, 2.05) is 18.2 Å². The van der Waals surface area contributed by atoms with Gasteiger partial charge >= 0.3 is 5.97 Å². The molecule has 7 heteroatoms. The van der Waals surface area contributed by atoms with Gasteiger partial charge in [-0.25, -0.2) is 19.7 Å². The van der Waals surface area contributed by atoms with Gasteiger partial charge in [0.05, 0.1) is 17.4 Å². The lowest BCUT2D eigenvalue weighted by Gasteiger charge is -2.07. The summed E-state index contributed by atoms with van der Waals surface area (Å²) in [7, 11) is 0. The molecule has 0 saturated heterocycles. The third-order valence-corrected chi connectivity index (χ3v) is 2.89. The minimum atomic E-state index is -1.06. The van der Waals surface area contributed by atoms with Gasteiger partial charge in [0.25, 0.3) is 0 Å². The topological polar surface area (TPSA) is 104 Å². The lowest BCUT2D eigenvalue weighted by molar-refractivity contribution is 0.0697. The number of H-pyrrole nitrogens is 1. The lowest BCUT2D eigenvalue weighted by Crippen LogP contribution is -2.08. The average molecular weight is 269 g/mol. The fourth-order valence-corrected chi connectivity index (χ4v) is 1.91. The number of nitrogens with zero attached hydrogens (tertiary/aromatic N) is 3. The van der Waals surface area contributed by atoms with Gasteiger partial charge in [-0.3, -0.25) is 0 Å². The first-order valence-corrected chi connectivity index (χ1v) is 5.93. The van der Waals surface area contributed by atoms with E-state index < -0.39 is 5.97 Å². The van der Waals surface area contributed by atoms with Crippen LogP contribution in [-0.4, -0.2) is 31.0 Å². The molecule has 2 aromatic heterocycles. The molecule has 100 valence electrons. The number of fused-ring (bicyclic) bond motifs is 1. The van der Waals surface area contributed by atoms with E-state index in [-0.39, 0.29) is 5.56 Å². The van der Waals surface area contributed by atoms with Gasteiger partial charge < -0.3 is 15.4 Å². The highest BCUT2D eigenvalue weighted by molar-refractivity contribution is 5.92. The second kappa shape index (κ2) is 4.96. The summed E-state index contributed by atoms with van der Waals surface area (Å²) in [6.07, 6.45) is 4.22. The van der Waals surface area contributed by atoms with E-state index in [1.54, 1.807) is 6.33 Å². The molecule has 3 N–H and O–H groups in total. The number of nitrogens with one attached hydrogen (secondary N) is 2. The first-order chi connectivity index (χ1) is 9.74. The molecule has 3 rings (SSSR count). The zero-order valence-corrected chi connectivity index (χ0v) is 10.4. The normalized spacial score (nSPS) is 10.6. The predicted molar refractivity (Wildman–Crippen MR) is 72.4 cm³/mol. The van der Waals surface area contributed by atoms with Crippen LogP contribution in [0.4, 0.5) is 5.82 Å². The Morgan fingerprint density at radius 1 is 1.35 bits per heavy atom. The third-order valence-electron chi connectivity index (χ3n) is 2.89. The van der Waals surface area contributed by atoms with Gasteiger partial charge in [-0.2, -0.15) is 0 Å². The van der Waals surface area contributed by atoms with Crippen LogP contribution in [0.15, 0.2) is 37.1 Å². The maximum absolute atomic E-state index is 11.0. The monoisotopic (exact) mass is 269 g/mol. The van der Waals surface area contributed by atoms with Crippen LogP contribution in [0.3, 0.4) is 0 Å². The van der Waals surface area contributed by atoms with E-state index in [1.165, 1.54) is 12.5 Å². The van der Waals surface area contributed by atoms with Crippen molar-refractivity contribution in [3.8, 4) is 0 Å². The number of carbonyl (C=O) groups is 1. The number of aromatic nitrogens is 4. The summed E-state index contributed by atoms with van der Waals surface area (Å²) in [5, 5.41) is 12.0. The number of anilines is 1. The summed E-state index contributed by atoms with van der Waals surface area (Å²) in [5.41, 5.74) is 2.87. The Morgan fingerprint density at radius 2 is 2.25 bits per heavy atom. The van der Waals surface area contributed by atoms with Crippen molar-refractivity contribution in [3.05, 3.63) is 48.2 Å². The van der Waals surface area contributed by atoms with Gasteiger partial charge in [0.15, 0.2) is 0 Å². The van der Waals surface area contributed by atoms with Crippen molar-refractivity contribution in [2.75, 3.05) is 5.32 Å². The Bertz CT molecular complexity index is 768. The molecule has 0 amide bonds. The van der Waals surface area contributed by atoms with Crippen molar-refractivity contribution < 1.29 is 9.90 Å². The minimum absolute atomic E-state index is 0.0510. The molecule has 0 atom stereocenters. The van der Waals surface area contributed by atoms with E-state index in [0.717, 1.165) is 16.6 Å². The summed E-state index contributed by atoms with van der Waals surface area (Å²) >= 11 is 0. The first-order valence-electron chi connectivity index (χ1n) is 5.93. The largest absolute Gasteiger partial charge is 0.477 e. The lowest BCUT2D eigenvalue weighted by atomic mass is 10.2. The SMILES string of the molecule is O=C(O)c1cncnc1NCc1ccc2nc[nH]c2c1. The van der Waals surface area contributed by atoms with Gasteiger partial charge in [0.1, 0.15) is 17.7 Å². The third kappa shape index (κ3) is 2.28. The van der Waals surface area contributed by atoms with E-state index >= 15 is 0 Å². The fourth-order valence-electron chi connectivity index (χ4n) is 1.91. The van der Waals surface area contributed by atoms with Crippen molar-refractivity contribution in [3.63, 3.8) is 0 Å². The molecule has 0 aliphatic carbocycles. The molecule has 20 heavy (non-hydrogen) atoms. The number of benzene rings is 1.